The lowest BCUT2D eigenvalue weighted by Crippen LogP contribution is -2.27. The van der Waals surface area contributed by atoms with Gasteiger partial charge in [0.2, 0.25) is 5.91 Å². The van der Waals surface area contributed by atoms with E-state index in [1.165, 1.54) is 0 Å². The minimum absolute atomic E-state index is 0.151. The fourth-order valence-electron chi connectivity index (χ4n) is 3.50. The molecule has 2 N–H and O–H groups in total. The number of hydrogen-bond acceptors (Lipinski definition) is 5. The van der Waals surface area contributed by atoms with Crippen LogP contribution in [-0.4, -0.2) is 39.7 Å². The van der Waals surface area contributed by atoms with Crippen LogP contribution >= 0.6 is 0 Å². The van der Waals surface area contributed by atoms with E-state index in [2.05, 4.69) is 10.6 Å². The van der Waals surface area contributed by atoms with Crippen LogP contribution in [0, 0.1) is 0 Å². The van der Waals surface area contributed by atoms with Crippen molar-refractivity contribution in [2.45, 2.75) is 19.3 Å². The summed E-state index contributed by atoms with van der Waals surface area (Å²) in [6.07, 6.45) is 1.53. The van der Waals surface area contributed by atoms with E-state index in [0.29, 0.717) is 48.6 Å². The molecule has 0 saturated carbocycles. The Balaban J connectivity index is 1.54. The molecule has 0 unspecified atom stereocenters. The fraction of sp³-hybridized carbons (Fsp3) is 0.259. The van der Waals surface area contributed by atoms with E-state index in [4.69, 9.17) is 14.2 Å². The molecule has 7 heteroatoms. The molecule has 3 rings (SSSR count). The maximum absolute atomic E-state index is 12.8. The molecular formula is C27H30N2O5. The molecular weight excluding hydrogens is 432 g/mol. The fourth-order valence-corrected chi connectivity index (χ4v) is 3.50. The van der Waals surface area contributed by atoms with Gasteiger partial charge in [-0.3, -0.25) is 9.59 Å². The maximum atomic E-state index is 12.8. The standard InChI is InChI=1S/C27H30N2O5/c1-32-21-12-8-19(9-13-21)11-15-26(30)29-23-7-5-4-6-22(23)27(31)28-17-16-20-10-14-24(33-2)25(18-20)34-3/h4-10,12-14,18H,11,15-17H2,1-3H3,(H,28,31)(H,29,30). The number of carbonyl (C=O) groups excluding carboxylic acids is 2. The van der Waals surface area contributed by atoms with Gasteiger partial charge in [-0.25, -0.2) is 0 Å². The van der Waals surface area contributed by atoms with Crippen molar-refractivity contribution >= 4 is 17.5 Å². The number of rotatable bonds is 11. The molecule has 2 amide bonds. The molecule has 0 saturated heterocycles. The number of ether oxygens (including phenoxy) is 3. The summed E-state index contributed by atoms with van der Waals surface area (Å²) in [5, 5.41) is 5.79. The van der Waals surface area contributed by atoms with Crippen LogP contribution < -0.4 is 24.8 Å². The summed E-state index contributed by atoms with van der Waals surface area (Å²) in [7, 11) is 4.80. The second-order valence-electron chi connectivity index (χ2n) is 7.64. The topological polar surface area (TPSA) is 85.9 Å². The van der Waals surface area contributed by atoms with Crippen molar-refractivity contribution in [2.24, 2.45) is 0 Å². The Morgan fingerprint density at radius 1 is 0.765 bits per heavy atom. The van der Waals surface area contributed by atoms with Gasteiger partial charge in [-0.2, -0.15) is 0 Å². The first kappa shape index (κ1) is 24.6. The van der Waals surface area contributed by atoms with Gasteiger partial charge in [-0.05, 0) is 60.4 Å². The highest BCUT2D eigenvalue weighted by Gasteiger charge is 2.13. The Morgan fingerprint density at radius 2 is 1.47 bits per heavy atom. The number of aryl methyl sites for hydroxylation is 1. The molecule has 0 fully saturated rings. The van der Waals surface area contributed by atoms with Gasteiger partial charge < -0.3 is 24.8 Å². The summed E-state index contributed by atoms with van der Waals surface area (Å²) in [5.41, 5.74) is 2.97. The zero-order valence-corrected chi connectivity index (χ0v) is 19.7. The molecule has 0 aliphatic rings. The quantitative estimate of drug-likeness (QED) is 0.445. The van der Waals surface area contributed by atoms with Crippen LogP contribution in [0.1, 0.15) is 27.9 Å². The summed E-state index contributed by atoms with van der Waals surface area (Å²) < 4.78 is 15.7. The van der Waals surface area contributed by atoms with Crippen molar-refractivity contribution in [3.8, 4) is 17.2 Å². The summed E-state index contributed by atoms with van der Waals surface area (Å²) in [6.45, 7) is 0.439. The first-order chi connectivity index (χ1) is 16.5. The Labute approximate surface area is 200 Å². The summed E-state index contributed by atoms with van der Waals surface area (Å²) in [4.78, 5) is 25.3. The van der Waals surface area contributed by atoms with E-state index < -0.39 is 0 Å². The second-order valence-corrected chi connectivity index (χ2v) is 7.64. The van der Waals surface area contributed by atoms with E-state index >= 15 is 0 Å². The first-order valence-corrected chi connectivity index (χ1v) is 11.0. The normalized spacial score (nSPS) is 10.3. The Bertz CT molecular complexity index is 1110. The highest BCUT2D eigenvalue weighted by atomic mass is 16.5. The van der Waals surface area contributed by atoms with Gasteiger partial charge in [0.05, 0.1) is 32.6 Å². The number of hydrogen-bond donors (Lipinski definition) is 2. The molecule has 3 aromatic carbocycles. The monoisotopic (exact) mass is 462 g/mol. The van der Waals surface area contributed by atoms with Gasteiger partial charge in [0.15, 0.2) is 11.5 Å². The molecule has 34 heavy (non-hydrogen) atoms. The number of para-hydroxylation sites is 1. The highest BCUT2D eigenvalue weighted by Crippen LogP contribution is 2.27. The van der Waals surface area contributed by atoms with Gasteiger partial charge in [0, 0.05) is 13.0 Å². The van der Waals surface area contributed by atoms with E-state index in [0.717, 1.165) is 16.9 Å². The third-order valence-electron chi connectivity index (χ3n) is 5.39. The van der Waals surface area contributed by atoms with Crippen molar-refractivity contribution in [1.29, 1.82) is 0 Å². The van der Waals surface area contributed by atoms with Gasteiger partial charge in [-0.15, -0.1) is 0 Å². The van der Waals surface area contributed by atoms with E-state index in [1.807, 2.05) is 42.5 Å². The van der Waals surface area contributed by atoms with Crippen LogP contribution in [0.4, 0.5) is 5.69 Å². The molecule has 7 nitrogen and oxygen atoms in total. The summed E-state index contributed by atoms with van der Waals surface area (Å²) in [5.74, 6) is 1.69. The van der Waals surface area contributed by atoms with Crippen LogP contribution in [0.3, 0.4) is 0 Å². The lowest BCUT2D eigenvalue weighted by atomic mass is 10.1. The predicted molar refractivity (Wildman–Crippen MR) is 132 cm³/mol. The van der Waals surface area contributed by atoms with Crippen LogP contribution in [0.2, 0.25) is 0 Å². The number of anilines is 1. The molecule has 0 atom stereocenters. The molecule has 0 radical (unpaired) electrons. The minimum atomic E-state index is -0.244. The molecule has 0 heterocycles. The van der Waals surface area contributed by atoms with Crippen LogP contribution in [0.25, 0.3) is 0 Å². The zero-order chi connectivity index (χ0) is 24.3. The van der Waals surface area contributed by atoms with Gasteiger partial charge in [-0.1, -0.05) is 30.3 Å². The molecule has 3 aromatic rings. The molecule has 0 bridgehead atoms. The van der Waals surface area contributed by atoms with E-state index in [1.54, 1.807) is 45.6 Å². The number of methoxy groups -OCH3 is 3. The average Bonchev–Trinajstić information content (AvgIpc) is 2.87. The Hall–Kier alpha value is -4.00. The molecule has 0 aliphatic heterocycles. The summed E-state index contributed by atoms with van der Waals surface area (Å²) in [6, 6.07) is 20.3. The van der Waals surface area contributed by atoms with E-state index in [9.17, 15) is 9.59 Å². The minimum Gasteiger partial charge on any atom is -0.497 e. The zero-order valence-electron chi connectivity index (χ0n) is 19.7. The van der Waals surface area contributed by atoms with Gasteiger partial charge in [0.1, 0.15) is 5.75 Å². The smallest absolute Gasteiger partial charge is 0.253 e. The lowest BCUT2D eigenvalue weighted by Gasteiger charge is -2.12. The maximum Gasteiger partial charge on any atom is 0.253 e. The third kappa shape index (κ3) is 6.75. The number of amides is 2. The molecule has 178 valence electrons. The molecule has 0 aliphatic carbocycles. The number of carbonyl (C=O) groups is 2. The van der Waals surface area contributed by atoms with Gasteiger partial charge in [0.25, 0.3) is 5.91 Å². The largest absolute Gasteiger partial charge is 0.497 e. The average molecular weight is 463 g/mol. The van der Waals surface area contributed by atoms with Crippen molar-refractivity contribution in [2.75, 3.05) is 33.2 Å². The van der Waals surface area contributed by atoms with Crippen molar-refractivity contribution in [3.05, 3.63) is 83.4 Å². The van der Waals surface area contributed by atoms with Crippen LogP contribution in [0.5, 0.6) is 17.2 Å². The molecule has 0 spiro atoms. The predicted octanol–water partition coefficient (Wildman–Crippen LogP) is 4.26. The lowest BCUT2D eigenvalue weighted by molar-refractivity contribution is -0.116. The third-order valence-corrected chi connectivity index (χ3v) is 5.39. The number of benzene rings is 3. The van der Waals surface area contributed by atoms with Crippen LogP contribution in [-0.2, 0) is 17.6 Å². The van der Waals surface area contributed by atoms with Crippen molar-refractivity contribution < 1.29 is 23.8 Å². The first-order valence-electron chi connectivity index (χ1n) is 11.0. The SMILES string of the molecule is COc1ccc(CCC(=O)Nc2ccccc2C(=O)NCCc2ccc(OC)c(OC)c2)cc1. The van der Waals surface area contributed by atoms with Crippen molar-refractivity contribution in [3.63, 3.8) is 0 Å². The van der Waals surface area contributed by atoms with Crippen LogP contribution in [0.15, 0.2) is 66.7 Å². The molecule has 0 aromatic heterocycles. The van der Waals surface area contributed by atoms with Gasteiger partial charge >= 0.3 is 0 Å². The second kappa shape index (κ2) is 12.3. The highest BCUT2D eigenvalue weighted by molar-refractivity contribution is 6.03. The van der Waals surface area contributed by atoms with E-state index in [-0.39, 0.29) is 11.8 Å². The number of nitrogens with one attached hydrogen (secondary N) is 2. The Morgan fingerprint density at radius 3 is 2.18 bits per heavy atom. The Kier molecular flexibility index (Phi) is 8.91. The summed E-state index contributed by atoms with van der Waals surface area (Å²) >= 11 is 0. The van der Waals surface area contributed by atoms with Crippen molar-refractivity contribution in [1.82, 2.24) is 5.32 Å².